The Hall–Kier alpha value is -3.40. The number of methoxy groups -OCH3 is 2. The van der Waals surface area contributed by atoms with E-state index < -0.39 is 0 Å². The first-order chi connectivity index (χ1) is 18.6. The van der Waals surface area contributed by atoms with E-state index >= 15 is 0 Å². The molecular weight excluding hydrogens is 502 g/mol. The molecule has 1 aliphatic heterocycles. The van der Waals surface area contributed by atoms with E-state index in [0.717, 1.165) is 58.4 Å². The standard InChI is InChI=1S/C29H33N3O5S/c1-34-23-10-11-27(35-2)25(15-23)26-17-32-22(20-38-29(32)30-26)12-13-31(16-24-9-6-14-37-24)28(33)19-36-18-21-7-4-3-5-8-21/h3-5,7-8,10-11,15,17,20,24H,6,9,12-14,16,18-19H2,1-2H3. The monoisotopic (exact) mass is 535 g/mol. The zero-order valence-electron chi connectivity index (χ0n) is 21.8. The van der Waals surface area contributed by atoms with Gasteiger partial charge in [0.05, 0.1) is 32.6 Å². The van der Waals surface area contributed by atoms with E-state index in [1.165, 1.54) is 0 Å². The van der Waals surface area contributed by atoms with Crippen molar-refractivity contribution in [3.8, 4) is 22.8 Å². The number of imidazole rings is 1. The molecule has 2 aromatic heterocycles. The number of hydrogen-bond donors (Lipinski definition) is 0. The Morgan fingerprint density at radius 1 is 1.18 bits per heavy atom. The maximum atomic E-state index is 13.2. The van der Waals surface area contributed by atoms with E-state index in [2.05, 4.69) is 9.78 Å². The van der Waals surface area contributed by atoms with E-state index in [-0.39, 0.29) is 18.6 Å². The van der Waals surface area contributed by atoms with Crippen LogP contribution < -0.4 is 9.47 Å². The van der Waals surface area contributed by atoms with Crippen LogP contribution in [0.25, 0.3) is 16.2 Å². The van der Waals surface area contributed by atoms with E-state index in [1.54, 1.807) is 25.6 Å². The number of hydrogen-bond acceptors (Lipinski definition) is 7. The number of nitrogens with zero attached hydrogens (tertiary/aromatic N) is 3. The summed E-state index contributed by atoms with van der Waals surface area (Å²) in [4.78, 5) is 20.8. The molecule has 38 heavy (non-hydrogen) atoms. The molecule has 5 rings (SSSR count). The van der Waals surface area contributed by atoms with E-state index in [9.17, 15) is 4.79 Å². The van der Waals surface area contributed by atoms with Crippen LogP contribution in [0.3, 0.4) is 0 Å². The summed E-state index contributed by atoms with van der Waals surface area (Å²) in [5.74, 6) is 1.47. The Morgan fingerprint density at radius 2 is 2.05 bits per heavy atom. The van der Waals surface area contributed by atoms with Crippen molar-refractivity contribution in [2.24, 2.45) is 0 Å². The number of ether oxygens (including phenoxy) is 4. The highest BCUT2D eigenvalue weighted by Crippen LogP contribution is 2.34. The molecule has 0 N–H and O–H groups in total. The van der Waals surface area contributed by atoms with Gasteiger partial charge in [0.15, 0.2) is 4.96 Å². The highest BCUT2D eigenvalue weighted by molar-refractivity contribution is 7.15. The average molecular weight is 536 g/mol. The molecule has 9 heteroatoms. The minimum Gasteiger partial charge on any atom is -0.497 e. The van der Waals surface area contributed by atoms with Gasteiger partial charge in [0, 0.05) is 49.0 Å². The van der Waals surface area contributed by atoms with Crippen LogP contribution in [-0.2, 0) is 27.3 Å². The first kappa shape index (κ1) is 26.2. The van der Waals surface area contributed by atoms with Gasteiger partial charge in [0.2, 0.25) is 5.91 Å². The summed E-state index contributed by atoms with van der Waals surface area (Å²) in [6.45, 7) is 2.38. The maximum Gasteiger partial charge on any atom is 0.248 e. The van der Waals surface area contributed by atoms with E-state index in [1.807, 2.05) is 59.6 Å². The van der Waals surface area contributed by atoms with Crippen LogP contribution in [0.1, 0.15) is 24.1 Å². The van der Waals surface area contributed by atoms with Crippen LogP contribution >= 0.6 is 11.3 Å². The molecule has 1 amide bonds. The minimum atomic E-state index is -0.0182. The number of thiazole rings is 1. The van der Waals surface area contributed by atoms with E-state index in [4.69, 9.17) is 23.9 Å². The minimum absolute atomic E-state index is 0.0182. The third-order valence-corrected chi connectivity index (χ3v) is 7.63. The Balaban J connectivity index is 1.28. The number of fused-ring (bicyclic) bond motifs is 1. The molecule has 1 unspecified atom stereocenters. The van der Waals surface area contributed by atoms with Crippen LogP contribution in [0.4, 0.5) is 0 Å². The smallest absolute Gasteiger partial charge is 0.248 e. The predicted octanol–water partition coefficient (Wildman–Crippen LogP) is 4.85. The van der Waals surface area contributed by atoms with Gasteiger partial charge in [-0.05, 0) is 36.6 Å². The predicted molar refractivity (Wildman–Crippen MR) is 147 cm³/mol. The van der Waals surface area contributed by atoms with Gasteiger partial charge in [-0.15, -0.1) is 11.3 Å². The molecule has 0 radical (unpaired) electrons. The van der Waals surface area contributed by atoms with Crippen LogP contribution in [0.2, 0.25) is 0 Å². The molecule has 4 aromatic rings. The number of rotatable bonds is 12. The first-order valence-electron chi connectivity index (χ1n) is 12.8. The molecule has 8 nitrogen and oxygen atoms in total. The highest BCUT2D eigenvalue weighted by atomic mass is 32.1. The summed E-state index contributed by atoms with van der Waals surface area (Å²) in [7, 11) is 3.30. The summed E-state index contributed by atoms with van der Waals surface area (Å²) in [5.41, 5.74) is 3.84. The number of carbonyl (C=O) groups is 1. The van der Waals surface area contributed by atoms with Crippen molar-refractivity contribution in [3.63, 3.8) is 0 Å². The van der Waals surface area contributed by atoms with Crippen LogP contribution in [-0.4, -0.2) is 66.8 Å². The summed E-state index contributed by atoms with van der Waals surface area (Å²) in [6, 6.07) is 15.6. The number of carbonyl (C=O) groups excluding carboxylic acids is 1. The molecule has 3 heterocycles. The van der Waals surface area contributed by atoms with Gasteiger partial charge in [-0.2, -0.15) is 0 Å². The van der Waals surface area contributed by atoms with Crippen molar-refractivity contribution in [1.82, 2.24) is 14.3 Å². The fourth-order valence-electron chi connectivity index (χ4n) is 4.68. The molecule has 0 spiro atoms. The molecule has 1 atom stereocenters. The van der Waals surface area contributed by atoms with Gasteiger partial charge in [-0.25, -0.2) is 4.98 Å². The second-order valence-electron chi connectivity index (χ2n) is 9.28. The van der Waals surface area contributed by atoms with Crippen molar-refractivity contribution >= 4 is 22.2 Å². The lowest BCUT2D eigenvalue weighted by atomic mass is 10.1. The second kappa shape index (κ2) is 12.4. The van der Waals surface area contributed by atoms with Crippen molar-refractivity contribution in [1.29, 1.82) is 0 Å². The Bertz CT molecular complexity index is 1350. The SMILES string of the molecule is COc1ccc(OC)c(-c2cn3c(CCN(CC4CCCO4)C(=O)COCc4ccccc4)csc3n2)c1. The molecular formula is C29H33N3O5S. The fraction of sp³-hybridized carbons (Fsp3) is 0.379. The quantitative estimate of drug-likeness (QED) is 0.258. The fourth-order valence-corrected chi connectivity index (χ4v) is 5.58. The van der Waals surface area contributed by atoms with Crippen LogP contribution in [0.15, 0.2) is 60.1 Å². The lowest BCUT2D eigenvalue weighted by molar-refractivity contribution is -0.138. The normalized spacial score (nSPS) is 15.2. The zero-order valence-corrected chi connectivity index (χ0v) is 22.6. The van der Waals surface area contributed by atoms with Gasteiger partial charge >= 0.3 is 0 Å². The topological polar surface area (TPSA) is 74.5 Å². The third-order valence-electron chi connectivity index (χ3n) is 6.74. The van der Waals surface area contributed by atoms with Crippen molar-refractivity contribution in [2.45, 2.75) is 32.0 Å². The third kappa shape index (κ3) is 6.18. The average Bonchev–Trinajstić information content (AvgIpc) is 3.70. The van der Waals surface area contributed by atoms with Gasteiger partial charge in [0.25, 0.3) is 0 Å². The number of aromatic nitrogens is 2. The lowest BCUT2D eigenvalue weighted by Gasteiger charge is -2.25. The zero-order chi connectivity index (χ0) is 26.3. The Kier molecular flexibility index (Phi) is 8.58. The lowest BCUT2D eigenvalue weighted by Crippen LogP contribution is -2.40. The summed E-state index contributed by atoms with van der Waals surface area (Å²) in [5, 5.41) is 2.11. The first-order valence-corrected chi connectivity index (χ1v) is 13.7. The van der Waals surface area contributed by atoms with Crippen molar-refractivity contribution in [2.75, 3.05) is 40.5 Å². The molecule has 1 aliphatic rings. The van der Waals surface area contributed by atoms with Crippen LogP contribution in [0, 0.1) is 0 Å². The largest absolute Gasteiger partial charge is 0.497 e. The number of benzene rings is 2. The van der Waals surface area contributed by atoms with Gasteiger partial charge in [-0.1, -0.05) is 30.3 Å². The summed E-state index contributed by atoms with van der Waals surface area (Å²) >= 11 is 1.58. The highest BCUT2D eigenvalue weighted by Gasteiger charge is 2.23. The van der Waals surface area contributed by atoms with Crippen molar-refractivity contribution in [3.05, 3.63) is 71.4 Å². The summed E-state index contributed by atoms with van der Waals surface area (Å²) in [6.07, 6.45) is 4.81. The molecule has 200 valence electrons. The Labute approximate surface area is 226 Å². The molecule has 2 aromatic carbocycles. The molecule has 0 saturated carbocycles. The van der Waals surface area contributed by atoms with Gasteiger partial charge in [0.1, 0.15) is 18.1 Å². The maximum absolute atomic E-state index is 13.2. The molecule has 0 aliphatic carbocycles. The van der Waals surface area contributed by atoms with Gasteiger partial charge in [-0.3, -0.25) is 9.20 Å². The van der Waals surface area contributed by atoms with Crippen LogP contribution in [0.5, 0.6) is 11.5 Å². The molecule has 0 bridgehead atoms. The summed E-state index contributed by atoms with van der Waals surface area (Å²) < 4.78 is 24.7. The van der Waals surface area contributed by atoms with E-state index in [0.29, 0.717) is 26.1 Å². The van der Waals surface area contributed by atoms with Crippen molar-refractivity contribution < 1.29 is 23.7 Å². The Morgan fingerprint density at radius 3 is 2.82 bits per heavy atom. The molecule has 1 saturated heterocycles. The molecule has 1 fully saturated rings. The second-order valence-corrected chi connectivity index (χ2v) is 10.1. The van der Waals surface area contributed by atoms with Gasteiger partial charge < -0.3 is 23.8 Å². The number of amides is 1.